The Kier molecular flexibility index (Phi) is 5.45. The topological polar surface area (TPSA) is 92.7 Å². The number of amides is 1. The summed E-state index contributed by atoms with van der Waals surface area (Å²) in [4.78, 5) is 24.4. The third-order valence-corrected chi connectivity index (χ3v) is 5.00. The molecule has 2 N–H and O–H groups in total. The Balaban J connectivity index is 1.65. The third kappa shape index (κ3) is 4.01. The summed E-state index contributed by atoms with van der Waals surface area (Å²) in [5, 5.41) is 14.3. The van der Waals surface area contributed by atoms with E-state index in [1.165, 1.54) is 16.9 Å². The second kappa shape index (κ2) is 8.34. The van der Waals surface area contributed by atoms with Crippen LogP contribution in [0, 0.1) is 6.92 Å². The predicted octanol–water partition coefficient (Wildman–Crippen LogP) is 3.44. The molecular weight excluding hydrogens is 402 g/mol. The lowest BCUT2D eigenvalue weighted by Crippen LogP contribution is -2.29. The second-order valence-corrected chi connectivity index (χ2v) is 7.14. The molecule has 0 aliphatic heterocycles. The smallest absolute Gasteiger partial charge is 0.264 e. The van der Waals surface area contributed by atoms with Crippen LogP contribution in [0.4, 0.5) is 0 Å². The van der Waals surface area contributed by atoms with E-state index in [-0.39, 0.29) is 17.5 Å². The lowest BCUT2D eigenvalue weighted by molar-refractivity contribution is 0.0942. The standard InChI is InChI=1S/C22H18ClN5O2/c1-14-18(13-24-28(14)19-11-12-20(29)27-26-19)22(30)25-21(15-5-3-2-4-6-15)16-7-9-17(23)10-8-16/h2-13,21H,1H3,(H,25,30)(H,27,29). The molecule has 0 bridgehead atoms. The van der Waals surface area contributed by atoms with E-state index < -0.39 is 0 Å². The van der Waals surface area contributed by atoms with Crippen molar-refractivity contribution in [1.82, 2.24) is 25.3 Å². The van der Waals surface area contributed by atoms with E-state index in [0.717, 1.165) is 11.1 Å². The highest BCUT2D eigenvalue weighted by Crippen LogP contribution is 2.24. The summed E-state index contributed by atoms with van der Waals surface area (Å²) in [7, 11) is 0. The lowest BCUT2D eigenvalue weighted by Gasteiger charge is -2.20. The van der Waals surface area contributed by atoms with Crippen molar-refractivity contribution < 1.29 is 4.79 Å². The fourth-order valence-corrected chi connectivity index (χ4v) is 3.31. The quantitative estimate of drug-likeness (QED) is 0.518. The molecule has 0 fully saturated rings. The van der Waals surface area contributed by atoms with Crippen LogP contribution in [0.5, 0.6) is 0 Å². The molecule has 8 heteroatoms. The average molecular weight is 420 g/mol. The van der Waals surface area contributed by atoms with Crippen molar-refractivity contribution in [3.05, 3.63) is 111 Å². The molecule has 1 atom stereocenters. The van der Waals surface area contributed by atoms with Crippen LogP contribution in [-0.4, -0.2) is 25.9 Å². The first-order chi connectivity index (χ1) is 14.5. The van der Waals surface area contributed by atoms with E-state index >= 15 is 0 Å². The maximum atomic E-state index is 13.1. The molecule has 1 amide bonds. The van der Waals surface area contributed by atoms with Gasteiger partial charge < -0.3 is 5.32 Å². The first kappa shape index (κ1) is 19.6. The summed E-state index contributed by atoms with van der Waals surface area (Å²) < 4.78 is 1.50. The van der Waals surface area contributed by atoms with Crippen molar-refractivity contribution >= 4 is 17.5 Å². The van der Waals surface area contributed by atoms with E-state index in [9.17, 15) is 9.59 Å². The molecule has 0 aliphatic rings. The van der Waals surface area contributed by atoms with Crippen molar-refractivity contribution in [2.24, 2.45) is 0 Å². The van der Waals surface area contributed by atoms with Gasteiger partial charge >= 0.3 is 0 Å². The minimum Gasteiger partial charge on any atom is -0.341 e. The van der Waals surface area contributed by atoms with Gasteiger partial charge in [0.1, 0.15) is 0 Å². The Morgan fingerprint density at radius 1 is 1.03 bits per heavy atom. The van der Waals surface area contributed by atoms with Gasteiger partial charge in [0, 0.05) is 11.1 Å². The van der Waals surface area contributed by atoms with E-state index in [0.29, 0.717) is 22.1 Å². The number of carbonyl (C=O) groups excluding carboxylic acids is 1. The van der Waals surface area contributed by atoms with Gasteiger partial charge in [-0.25, -0.2) is 9.78 Å². The van der Waals surface area contributed by atoms with Crippen LogP contribution < -0.4 is 10.9 Å². The van der Waals surface area contributed by atoms with Gasteiger partial charge in [-0.3, -0.25) is 9.59 Å². The first-order valence-corrected chi connectivity index (χ1v) is 9.63. The number of halogens is 1. The maximum Gasteiger partial charge on any atom is 0.264 e. The molecule has 2 aromatic heterocycles. The van der Waals surface area contributed by atoms with Gasteiger partial charge in [-0.05, 0) is 36.2 Å². The van der Waals surface area contributed by atoms with E-state index in [4.69, 9.17) is 11.6 Å². The van der Waals surface area contributed by atoms with Crippen LogP contribution in [0.1, 0.15) is 33.2 Å². The highest BCUT2D eigenvalue weighted by atomic mass is 35.5. The number of hydrogen-bond donors (Lipinski definition) is 2. The number of benzene rings is 2. The first-order valence-electron chi connectivity index (χ1n) is 9.25. The zero-order valence-electron chi connectivity index (χ0n) is 16.0. The molecule has 2 aromatic carbocycles. The van der Waals surface area contributed by atoms with Crippen molar-refractivity contribution in [2.75, 3.05) is 0 Å². The van der Waals surface area contributed by atoms with Gasteiger partial charge in [-0.1, -0.05) is 54.1 Å². The lowest BCUT2D eigenvalue weighted by atomic mass is 9.98. The zero-order chi connectivity index (χ0) is 21.1. The molecule has 4 rings (SSSR count). The Hall–Kier alpha value is -3.71. The molecule has 0 spiro atoms. The molecule has 0 radical (unpaired) electrons. The van der Waals surface area contributed by atoms with E-state index in [2.05, 4.69) is 20.6 Å². The van der Waals surface area contributed by atoms with Gasteiger partial charge in [0.25, 0.3) is 11.5 Å². The number of nitrogens with one attached hydrogen (secondary N) is 2. The van der Waals surface area contributed by atoms with Crippen LogP contribution in [0.2, 0.25) is 5.02 Å². The zero-order valence-corrected chi connectivity index (χ0v) is 16.8. The van der Waals surface area contributed by atoms with Crippen molar-refractivity contribution in [3.8, 4) is 5.82 Å². The minimum atomic E-state index is -0.357. The van der Waals surface area contributed by atoms with Crippen LogP contribution >= 0.6 is 11.6 Å². The van der Waals surface area contributed by atoms with Gasteiger partial charge in [0.05, 0.1) is 23.5 Å². The number of carbonyl (C=O) groups is 1. The van der Waals surface area contributed by atoms with E-state index in [1.54, 1.807) is 25.1 Å². The second-order valence-electron chi connectivity index (χ2n) is 6.70. The summed E-state index contributed by atoms with van der Waals surface area (Å²) >= 11 is 6.03. The normalized spacial score (nSPS) is 11.8. The monoisotopic (exact) mass is 419 g/mol. The molecule has 2 heterocycles. The summed E-state index contributed by atoms with van der Waals surface area (Å²) in [6, 6.07) is 19.6. The maximum absolute atomic E-state index is 13.1. The molecular formula is C22H18ClN5O2. The van der Waals surface area contributed by atoms with Crippen LogP contribution in [0.3, 0.4) is 0 Å². The number of aromatic nitrogens is 4. The summed E-state index contributed by atoms with van der Waals surface area (Å²) in [5.74, 6) is 0.149. The molecule has 1 unspecified atom stereocenters. The summed E-state index contributed by atoms with van der Waals surface area (Å²) in [5.41, 5.74) is 2.56. The average Bonchev–Trinajstić information content (AvgIpc) is 3.15. The van der Waals surface area contributed by atoms with Crippen molar-refractivity contribution in [1.29, 1.82) is 0 Å². The molecule has 0 aliphatic carbocycles. The minimum absolute atomic E-state index is 0.271. The number of hydrogen-bond acceptors (Lipinski definition) is 4. The molecule has 30 heavy (non-hydrogen) atoms. The molecule has 0 saturated carbocycles. The van der Waals surface area contributed by atoms with Crippen molar-refractivity contribution in [3.63, 3.8) is 0 Å². The van der Waals surface area contributed by atoms with Crippen LogP contribution in [-0.2, 0) is 0 Å². The van der Waals surface area contributed by atoms with E-state index in [1.807, 2.05) is 42.5 Å². The largest absolute Gasteiger partial charge is 0.341 e. The summed E-state index contributed by atoms with van der Waals surface area (Å²) in [6.45, 7) is 1.77. The summed E-state index contributed by atoms with van der Waals surface area (Å²) in [6.07, 6.45) is 1.49. The Labute approximate surface area is 177 Å². The van der Waals surface area contributed by atoms with Gasteiger partial charge in [0.2, 0.25) is 0 Å². The fourth-order valence-electron chi connectivity index (χ4n) is 3.19. The Bertz CT molecular complexity index is 1210. The third-order valence-electron chi connectivity index (χ3n) is 4.75. The van der Waals surface area contributed by atoms with Gasteiger partial charge in [-0.2, -0.15) is 10.2 Å². The number of aromatic amines is 1. The van der Waals surface area contributed by atoms with Crippen molar-refractivity contribution in [2.45, 2.75) is 13.0 Å². The molecule has 150 valence electrons. The highest BCUT2D eigenvalue weighted by molar-refractivity contribution is 6.30. The van der Waals surface area contributed by atoms with Crippen LogP contribution in [0.15, 0.2) is 77.7 Å². The number of H-pyrrole nitrogens is 1. The molecule has 7 nitrogen and oxygen atoms in total. The van der Waals surface area contributed by atoms with Crippen LogP contribution in [0.25, 0.3) is 5.82 Å². The Morgan fingerprint density at radius 3 is 2.40 bits per heavy atom. The highest BCUT2D eigenvalue weighted by Gasteiger charge is 2.21. The number of nitrogens with zero attached hydrogens (tertiary/aromatic N) is 3. The SMILES string of the molecule is Cc1c(C(=O)NC(c2ccccc2)c2ccc(Cl)cc2)cnn1-c1ccc(=O)[nH]n1. The molecule has 4 aromatic rings. The fraction of sp³-hybridized carbons (Fsp3) is 0.0909. The number of rotatable bonds is 5. The predicted molar refractivity (Wildman–Crippen MR) is 114 cm³/mol. The molecule has 0 saturated heterocycles. The van der Waals surface area contributed by atoms with Gasteiger partial charge in [-0.15, -0.1) is 0 Å². The Morgan fingerprint density at radius 2 is 1.73 bits per heavy atom. The van der Waals surface area contributed by atoms with Gasteiger partial charge in [0.15, 0.2) is 5.82 Å².